The summed E-state index contributed by atoms with van der Waals surface area (Å²) in [5.41, 5.74) is 0.418. The Labute approximate surface area is 218 Å². The van der Waals surface area contributed by atoms with Gasteiger partial charge in [0.05, 0.1) is 7.11 Å². The van der Waals surface area contributed by atoms with E-state index in [4.69, 9.17) is 11.3 Å². The average molecular weight is 494 g/mol. The topological polar surface area (TPSA) is 47.7 Å². The van der Waals surface area contributed by atoms with Gasteiger partial charge in [-0.25, -0.2) is 6.57 Å². The number of allylic oxidation sites excluding steroid dienone is 2. The van der Waals surface area contributed by atoms with E-state index in [9.17, 15) is 9.59 Å². The molecule has 0 bridgehead atoms. The molecule has 3 unspecified atom stereocenters. The van der Waals surface area contributed by atoms with Crippen LogP contribution < -0.4 is 0 Å². The van der Waals surface area contributed by atoms with Crippen molar-refractivity contribution < 1.29 is 14.3 Å². The quantitative estimate of drug-likeness (QED) is 0.285. The molecule has 4 heteroatoms. The van der Waals surface area contributed by atoms with E-state index in [0.717, 1.165) is 25.7 Å². The van der Waals surface area contributed by atoms with Crippen molar-refractivity contribution in [3.8, 4) is 0 Å². The molecular weight excluding hydrogens is 446 g/mol. The molecular formula is C32H47NO3. The van der Waals surface area contributed by atoms with Gasteiger partial charge in [0.1, 0.15) is 5.41 Å². The molecule has 5 rings (SSSR count). The van der Waals surface area contributed by atoms with E-state index in [2.05, 4.69) is 52.5 Å². The van der Waals surface area contributed by atoms with Crippen molar-refractivity contribution in [2.24, 2.45) is 56.7 Å². The summed E-state index contributed by atoms with van der Waals surface area (Å²) in [6.07, 6.45) is 10.4. The first-order valence-corrected chi connectivity index (χ1v) is 14.5. The maximum absolute atomic E-state index is 14.4. The molecule has 4 saturated carbocycles. The van der Waals surface area contributed by atoms with Crippen LogP contribution in [0.2, 0.25) is 0 Å². The van der Waals surface area contributed by atoms with Crippen molar-refractivity contribution in [1.82, 2.24) is 0 Å². The Morgan fingerprint density at radius 1 is 1.00 bits per heavy atom. The molecule has 4 fully saturated rings. The van der Waals surface area contributed by atoms with Crippen molar-refractivity contribution in [1.29, 1.82) is 0 Å². The fourth-order valence-corrected chi connectivity index (χ4v) is 11.1. The third-order valence-corrected chi connectivity index (χ3v) is 13.6. The Balaban J connectivity index is 1.65. The molecule has 198 valence electrons. The zero-order chi connectivity index (χ0) is 26.5. The van der Waals surface area contributed by atoms with Gasteiger partial charge in [0.15, 0.2) is 5.78 Å². The van der Waals surface area contributed by atoms with Crippen LogP contribution in [0.3, 0.4) is 0 Å². The van der Waals surface area contributed by atoms with E-state index >= 15 is 0 Å². The summed E-state index contributed by atoms with van der Waals surface area (Å²) >= 11 is 0. The summed E-state index contributed by atoms with van der Waals surface area (Å²) in [6, 6.07) is -0.382. The maximum Gasteiger partial charge on any atom is 0.319 e. The number of carbonyl (C=O) groups excluding carboxylic acids is 2. The van der Waals surface area contributed by atoms with Crippen LogP contribution in [0, 0.1) is 63.2 Å². The number of rotatable bonds is 1. The number of ether oxygens (including phenoxy) is 1. The van der Waals surface area contributed by atoms with Gasteiger partial charge in [-0.15, -0.1) is 0 Å². The summed E-state index contributed by atoms with van der Waals surface area (Å²) in [5, 5.41) is 0. The van der Waals surface area contributed by atoms with Crippen molar-refractivity contribution in [2.75, 3.05) is 7.11 Å². The first-order chi connectivity index (χ1) is 16.7. The summed E-state index contributed by atoms with van der Waals surface area (Å²) in [6.45, 7) is 24.3. The van der Waals surface area contributed by atoms with Gasteiger partial charge in [-0.05, 0) is 103 Å². The summed E-state index contributed by atoms with van der Waals surface area (Å²) in [7, 11) is 1.45. The lowest BCUT2D eigenvalue weighted by Gasteiger charge is -2.70. The highest BCUT2D eigenvalue weighted by Crippen LogP contribution is 2.75. The summed E-state index contributed by atoms with van der Waals surface area (Å²) in [4.78, 5) is 31.6. The number of ketones is 1. The van der Waals surface area contributed by atoms with Gasteiger partial charge in [-0.1, -0.05) is 47.1 Å². The lowest BCUT2D eigenvalue weighted by molar-refractivity contribution is -0.199. The number of esters is 1. The third kappa shape index (κ3) is 2.92. The van der Waals surface area contributed by atoms with Crippen LogP contribution >= 0.6 is 0 Å². The van der Waals surface area contributed by atoms with Crippen molar-refractivity contribution in [2.45, 2.75) is 106 Å². The lowest BCUT2D eigenvalue weighted by atomic mass is 9.33. The molecule has 0 heterocycles. The van der Waals surface area contributed by atoms with E-state index in [1.54, 1.807) is 0 Å². The first-order valence-electron chi connectivity index (χ1n) is 14.5. The molecule has 0 amide bonds. The monoisotopic (exact) mass is 493 g/mol. The minimum absolute atomic E-state index is 0.00658. The molecule has 0 radical (unpaired) electrons. The zero-order valence-corrected chi connectivity index (χ0v) is 23.9. The smallest absolute Gasteiger partial charge is 0.319 e. The Bertz CT molecular complexity index is 1060. The second-order valence-corrected chi connectivity index (χ2v) is 14.7. The molecule has 0 saturated heterocycles. The number of carbonyl (C=O) groups is 2. The number of fused-ring (bicyclic) bond motifs is 7. The Kier molecular flexibility index (Phi) is 5.73. The average Bonchev–Trinajstić information content (AvgIpc) is 2.82. The fourth-order valence-electron chi connectivity index (χ4n) is 11.1. The maximum atomic E-state index is 14.4. The van der Waals surface area contributed by atoms with E-state index < -0.39 is 5.41 Å². The second-order valence-electron chi connectivity index (χ2n) is 14.7. The SMILES string of the molecule is [C-]#[N+][C@@H]1CC[C@@]2(C)C(CC[C@]3(C)C2C(=O)C=C2C4[C@@H](C)[C@H](C)CC[C@]4(C)CC[C@]23C)[C@@]1(C)C(=O)OC. The first kappa shape index (κ1) is 26.0. The number of hydrogen-bond acceptors (Lipinski definition) is 3. The minimum atomic E-state index is -0.867. The van der Waals surface area contributed by atoms with Gasteiger partial charge < -0.3 is 9.58 Å². The molecule has 0 aromatic heterocycles. The number of hydrogen-bond donors (Lipinski definition) is 0. The fraction of sp³-hybridized carbons (Fsp3) is 0.844. The molecule has 0 aromatic rings. The van der Waals surface area contributed by atoms with E-state index in [0.29, 0.717) is 35.4 Å². The van der Waals surface area contributed by atoms with Gasteiger partial charge in [-0.2, -0.15) is 0 Å². The van der Waals surface area contributed by atoms with Gasteiger partial charge in [0.2, 0.25) is 6.04 Å². The molecule has 11 atom stereocenters. The van der Waals surface area contributed by atoms with Crippen molar-refractivity contribution in [3.05, 3.63) is 23.1 Å². The molecule has 4 nitrogen and oxygen atoms in total. The predicted molar refractivity (Wildman–Crippen MR) is 142 cm³/mol. The summed E-state index contributed by atoms with van der Waals surface area (Å²) in [5.74, 6) is 1.64. The number of nitrogens with zero attached hydrogens (tertiary/aromatic N) is 1. The van der Waals surface area contributed by atoms with Crippen LogP contribution in [0.1, 0.15) is 99.8 Å². The zero-order valence-electron chi connectivity index (χ0n) is 23.9. The van der Waals surface area contributed by atoms with Crippen molar-refractivity contribution in [3.63, 3.8) is 0 Å². The summed E-state index contributed by atoms with van der Waals surface area (Å²) < 4.78 is 5.33. The third-order valence-electron chi connectivity index (χ3n) is 13.6. The molecule has 0 N–H and O–H groups in total. The van der Waals surface area contributed by atoms with Crippen LogP contribution in [0.25, 0.3) is 4.85 Å². The van der Waals surface area contributed by atoms with Crippen LogP contribution in [-0.4, -0.2) is 24.9 Å². The van der Waals surface area contributed by atoms with Crippen LogP contribution in [0.5, 0.6) is 0 Å². The van der Waals surface area contributed by atoms with E-state index in [1.165, 1.54) is 31.9 Å². The Morgan fingerprint density at radius 2 is 1.69 bits per heavy atom. The second kappa shape index (κ2) is 7.94. The van der Waals surface area contributed by atoms with Crippen LogP contribution in [0.4, 0.5) is 0 Å². The highest BCUT2D eigenvalue weighted by molar-refractivity contribution is 5.96. The predicted octanol–water partition coefficient (Wildman–Crippen LogP) is 7.28. The van der Waals surface area contributed by atoms with E-state index in [1.807, 2.05) is 6.92 Å². The van der Waals surface area contributed by atoms with Crippen LogP contribution in [0.15, 0.2) is 11.6 Å². The van der Waals surface area contributed by atoms with Gasteiger partial charge in [-0.3, -0.25) is 9.59 Å². The Hall–Kier alpha value is -1.63. The van der Waals surface area contributed by atoms with Crippen LogP contribution in [-0.2, 0) is 14.3 Å². The normalized spacial score (nSPS) is 54.1. The standard InChI is InChI=1S/C32H47NO3/c1-19-10-13-28(3)16-17-30(5)21(25(28)20(19)2)18-22(34)26-29(4)14-12-24(33-8)32(7,27(35)36-9)23(29)11-15-31(26,30)6/h18-20,23-26H,10-17H2,1-7,9H3/t19-,20+,23?,24-,25?,26?,28-,29+,30-,31-,32-/m1/s1. The highest BCUT2D eigenvalue weighted by atomic mass is 16.5. The molecule has 0 aromatic carbocycles. The minimum Gasteiger partial charge on any atom is -0.468 e. The molecule has 5 aliphatic carbocycles. The molecule has 5 aliphatic rings. The highest BCUT2D eigenvalue weighted by Gasteiger charge is 2.73. The molecule has 0 spiro atoms. The lowest BCUT2D eigenvalue weighted by Crippen LogP contribution is -2.68. The number of methoxy groups -OCH3 is 1. The van der Waals surface area contributed by atoms with Gasteiger partial charge in [0.25, 0.3) is 0 Å². The van der Waals surface area contributed by atoms with E-state index in [-0.39, 0.29) is 40.1 Å². The van der Waals surface area contributed by atoms with Crippen molar-refractivity contribution >= 4 is 11.8 Å². The van der Waals surface area contributed by atoms with Gasteiger partial charge in [0, 0.05) is 12.3 Å². The Morgan fingerprint density at radius 3 is 2.33 bits per heavy atom. The largest absolute Gasteiger partial charge is 0.468 e. The molecule has 0 aliphatic heterocycles. The molecule has 36 heavy (non-hydrogen) atoms. The van der Waals surface area contributed by atoms with Gasteiger partial charge >= 0.3 is 5.97 Å².